The van der Waals surface area contributed by atoms with Gasteiger partial charge >= 0.3 is 0 Å². The van der Waals surface area contributed by atoms with Crippen molar-refractivity contribution in [3.8, 4) is 5.75 Å². The average molecular weight is 413 g/mol. The van der Waals surface area contributed by atoms with Crippen LogP contribution in [0.25, 0.3) is 0 Å². The lowest BCUT2D eigenvalue weighted by molar-refractivity contribution is 0.302. The Hall–Kier alpha value is -2.86. The van der Waals surface area contributed by atoms with E-state index in [4.69, 9.17) is 9.94 Å². The summed E-state index contributed by atoms with van der Waals surface area (Å²) in [5.74, 6) is 0.518. The van der Waals surface area contributed by atoms with E-state index in [0.29, 0.717) is 23.4 Å². The molecular weight excluding hydrogens is 396 g/mol. The Balaban J connectivity index is 1.73. The van der Waals surface area contributed by atoms with Crippen molar-refractivity contribution in [2.75, 3.05) is 0 Å². The van der Waals surface area contributed by atoms with Gasteiger partial charge in [-0.1, -0.05) is 59.8 Å². The summed E-state index contributed by atoms with van der Waals surface area (Å²) in [6.07, 6.45) is 3.07. The number of oxime groups is 1. The molecule has 0 aliphatic rings. The van der Waals surface area contributed by atoms with Crippen LogP contribution in [0.4, 0.5) is 0 Å². The monoisotopic (exact) mass is 412 g/mol. The van der Waals surface area contributed by atoms with Crippen molar-refractivity contribution in [1.29, 1.82) is 0 Å². The van der Waals surface area contributed by atoms with Gasteiger partial charge in [-0.25, -0.2) is 0 Å². The quantitative estimate of drug-likeness (QED) is 0.377. The van der Waals surface area contributed by atoms with Crippen LogP contribution < -0.4 is 10.3 Å². The lowest BCUT2D eigenvalue weighted by Gasteiger charge is -2.11. The number of hydrogen-bond acceptors (Lipinski definition) is 4. The van der Waals surface area contributed by atoms with E-state index in [9.17, 15) is 4.79 Å². The molecule has 0 fully saturated rings. The fourth-order valence-corrected chi connectivity index (χ4v) is 2.95. The molecule has 3 rings (SSSR count). The Bertz CT molecular complexity index is 951. The van der Waals surface area contributed by atoms with Crippen molar-refractivity contribution in [2.24, 2.45) is 5.16 Å². The molecule has 26 heavy (non-hydrogen) atoms. The Kier molecular flexibility index (Phi) is 5.86. The molecule has 0 spiro atoms. The molecule has 132 valence electrons. The molecule has 0 unspecified atom stereocenters. The Morgan fingerprint density at radius 2 is 1.77 bits per heavy atom. The maximum atomic E-state index is 12.6. The van der Waals surface area contributed by atoms with Crippen molar-refractivity contribution in [2.45, 2.75) is 13.2 Å². The molecule has 1 heterocycles. The van der Waals surface area contributed by atoms with E-state index in [-0.39, 0.29) is 5.56 Å². The third-order valence-corrected chi connectivity index (χ3v) is 4.58. The smallest absolute Gasteiger partial charge is 0.268 e. The molecule has 0 saturated heterocycles. The minimum atomic E-state index is -0.156. The minimum absolute atomic E-state index is 0.156. The van der Waals surface area contributed by atoms with Crippen molar-refractivity contribution in [1.82, 2.24) is 4.57 Å². The summed E-state index contributed by atoms with van der Waals surface area (Å²) < 4.78 is 7.76. The van der Waals surface area contributed by atoms with E-state index in [0.717, 1.165) is 16.7 Å². The number of benzene rings is 2. The van der Waals surface area contributed by atoms with Gasteiger partial charge in [0.05, 0.1) is 12.8 Å². The highest BCUT2D eigenvalue weighted by Crippen LogP contribution is 2.21. The first-order valence-corrected chi connectivity index (χ1v) is 8.78. The van der Waals surface area contributed by atoms with Crippen LogP contribution in [0.15, 0.2) is 81.3 Å². The van der Waals surface area contributed by atoms with Crippen molar-refractivity contribution in [3.05, 3.63) is 98.4 Å². The number of ether oxygens (including phenoxy) is 1. The molecule has 2 aromatic carbocycles. The highest BCUT2D eigenvalue weighted by atomic mass is 79.9. The Morgan fingerprint density at radius 1 is 1.04 bits per heavy atom. The zero-order valence-electron chi connectivity index (χ0n) is 13.9. The van der Waals surface area contributed by atoms with Gasteiger partial charge in [0, 0.05) is 6.20 Å². The lowest BCUT2D eigenvalue weighted by Crippen LogP contribution is -2.21. The van der Waals surface area contributed by atoms with Crippen molar-refractivity contribution >= 4 is 22.1 Å². The fourth-order valence-electron chi connectivity index (χ4n) is 2.47. The van der Waals surface area contributed by atoms with Gasteiger partial charge in [-0.05, 0) is 38.7 Å². The summed E-state index contributed by atoms with van der Waals surface area (Å²) in [4.78, 5) is 12.6. The predicted octanol–water partition coefficient (Wildman–Crippen LogP) is 4.05. The summed E-state index contributed by atoms with van der Waals surface area (Å²) in [6.45, 7) is 0.837. The SMILES string of the molecule is O=c1c(Br)c(OCc2ccccc2)ccn1Cc1ccc(/C=N/O)cc1. The van der Waals surface area contributed by atoms with Crippen molar-refractivity contribution in [3.63, 3.8) is 0 Å². The topological polar surface area (TPSA) is 63.8 Å². The standard InChI is InChI=1S/C20H17BrN2O3/c21-19-18(26-14-17-4-2-1-3-5-17)10-11-23(20(19)24)13-16-8-6-15(7-9-16)12-22-25/h1-12,25H,13-14H2/b22-12+. The molecule has 0 bridgehead atoms. The molecule has 0 radical (unpaired) electrons. The molecule has 0 aliphatic heterocycles. The summed E-state index contributed by atoms with van der Waals surface area (Å²) in [5.41, 5.74) is 2.63. The second kappa shape index (κ2) is 8.49. The van der Waals surface area contributed by atoms with Gasteiger partial charge in [-0.2, -0.15) is 0 Å². The second-order valence-electron chi connectivity index (χ2n) is 5.69. The summed E-state index contributed by atoms with van der Waals surface area (Å²) in [6, 6.07) is 19.0. The number of hydrogen-bond donors (Lipinski definition) is 1. The molecule has 0 saturated carbocycles. The molecule has 5 nitrogen and oxygen atoms in total. The highest BCUT2D eigenvalue weighted by Gasteiger charge is 2.09. The number of rotatable bonds is 6. The third-order valence-electron chi connectivity index (χ3n) is 3.85. The molecule has 3 aromatic rings. The Morgan fingerprint density at radius 3 is 2.46 bits per heavy atom. The van der Waals surface area contributed by atoms with E-state index in [2.05, 4.69) is 21.1 Å². The third kappa shape index (κ3) is 4.40. The molecule has 0 amide bonds. The second-order valence-corrected chi connectivity index (χ2v) is 6.48. The molecule has 6 heteroatoms. The molecule has 1 aromatic heterocycles. The lowest BCUT2D eigenvalue weighted by atomic mass is 10.1. The maximum Gasteiger partial charge on any atom is 0.268 e. The number of pyridine rings is 1. The van der Waals surface area contributed by atoms with Crippen LogP contribution in [0.3, 0.4) is 0 Å². The van der Waals surface area contributed by atoms with E-state index in [1.54, 1.807) is 16.8 Å². The number of aromatic nitrogens is 1. The minimum Gasteiger partial charge on any atom is -0.487 e. The first-order chi connectivity index (χ1) is 12.7. The van der Waals surface area contributed by atoms with Gasteiger partial charge in [0.15, 0.2) is 0 Å². The summed E-state index contributed by atoms with van der Waals surface area (Å²) in [7, 11) is 0. The van der Waals surface area contributed by atoms with E-state index >= 15 is 0 Å². The predicted molar refractivity (Wildman–Crippen MR) is 104 cm³/mol. The largest absolute Gasteiger partial charge is 0.487 e. The first kappa shape index (κ1) is 17.9. The first-order valence-electron chi connectivity index (χ1n) is 7.99. The Labute approximate surface area is 159 Å². The van der Waals surface area contributed by atoms with Crippen LogP contribution in [0.2, 0.25) is 0 Å². The highest BCUT2D eigenvalue weighted by molar-refractivity contribution is 9.10. The molecular formula is C20H17BrN2O3. The number of halogens is 1. The van der Waals surface area contributed by atoms with E-state index < -0.39 is 0 Å². The molecule has 0 atom stereocenters. The van der Waals surface area contributed by atoms with Gasteiger partial charge in [-0.3, -0.25) is 4.79 Å². The van der Waals surface area contributed by atoms with Crippen molar-refractivity contribution < 1.29 is 9.94 Å². The van der Waals surface area contributed by atoms with Crippen LogP contribution in [0.5, 0.6) is 5.75 Å². The van der Waals surface area contributed by atoms with Crippen LogP contribution >= 0.6 is 15.9 Å². The fraction of sp³-hybridized carbons (Fsp3) is 0.100. The van der Waals surface area contributed by atoms with Gasteiger partial charge in [0.25, 0.3) is 5.56 Å². The zero-order valence-corrected chi connectivity index (χ0v) is 15.5. The summed E-state index contributed by atoms with van der Waals surface area (Å²) >= 11 is 3.35. The van der Waals surface area contributed by atoms with Gasteiger partial charge in [-0.15, -0.1) is 0 Å². The molecule has 0 aliphatic carbocycles. The zero-order chi connectivity index (χ0) is 18.4. The molecule has 1 N–H and O–H groups in total. The van der Waals surface area contributed by atoms with Crippen LogP contribution in [0, 0.1) is 0 Å². The van der Waals surface area contributed by atoms with E-state index in [1.165, 1.54) is 6.21 Å². The number of nitrogens with zero attached hydrogens (tertiary/aromatic N) is 2. The van der Waals surface area contributed by atoms with Crippen LogP contribution in [-0.2, 0) is 13.2 Å². The van der Waals surface area contributed by atoms with Gasteiger partial charge in [0.2, 0.25) is 0 Å². The van der Waals surface area contributed by atoms with Gasteiger partial charge < -0.3 is 14.5 Å². The average Bonchev–Trinajstić information content (AvgIpc) is 2.67. The maximum absolute atomic E-state index is 12.6. The summed E-state index contributed by atoms with van der Waals surface area (Å²) in [5, 5.41) is 11.5. The normalized spacial score (nSPS) is 11.0. The van der Waals surface area contributed by atoms with Gasteiger partial charge in [0.1, 0.15) is 16.8 Å². The van der Waals surface area contributed by atoms with Crippen LogP contribution in [-0.4, -0.2) is 16.0 Å². The van der Waals surface area contributed by atoms with E-state index in [1.807, 2.05) is 54.6 Å². The van der Waals surface area contributed by atoms with Crippen LogP contribution in [0.1, 0.15) is 16.7 Å².